The van der Waals surface area contributed by atoms with Crippen molar-refractivity contribution in [1.29, 1.82) is 0 Å². The molecular formula is C52H32N6O. The number of para-hydroxylation sites is 5. The van der Waals surface area contributed by atoms with Crippen molar-refractivity contribution in [3.8, 4) is 56.7 Å². The maximum atomic E-state index is 6.32. The smallest absolute Gasteiger partial charge is 0.238 e. The fraction of sp³-hybridized carbons (Fsp3) is 0. The molecule has 7 heteroatoms. The molecule has 0 unspecified atom stereocenters. The molecule has 0 N–H and O–H groups in total. The number of hydrogen-bond donors (Lipinski definition) is 0. The zero-order valence-electron chi connectivity index (χ0n) is 31.6. The first-order valence-corrected chi connectivity index (χ1v) is 19.7. The molecule has 0 saturated heterocycles. The van der Waals surface area contributed by atoms with E-state index >= 15 is 0 Å². The highest BCUT2D eigenvalue weighted by Crippen LogP contribution is 2.54. The van der Waals surface area contributed by atoms with E-state index in [-0.39, 0.29) is 0 Å². The molecule has 0 aliphatic carbocycles. The van der Waals surface area contributed by atoms with Crippen LogP contribution in [0.15, 0.2) is 194 Å². The number of nitrogens with zero attached hydrogens (tertiary/aromatic N) is 6. The second-order valence-corrected chi connectivity index (χ2v) is 14.6. The normalized spacial score (nSPS) is 12.5. The Labute approximate surface area is 340 Å². The van der Waals surface area contributed by atoms with E-state index in [4.69, 9.17) is 24.7 Å². The minimum Gasteiger partial charge on any atom is -0.453 e. The zero-order valence-corrected chi connectivity index (χ0v) is 31.6. The van der Waals surface area contributed by atoms with Gasteiger partial charge in [-0.05, 0) is 71.1 Å². The molecule has 0 radical (unpaired) electrons. The highest BCUT2D eigenvalue weighted by atomic mass is 16.5. The summed E-state index contributed by atoms with van der Waals surface area (Å²) in [6.07, 6.45) is 0. The van der Waals surface area contributed by atoms with Gasteiger partial charge in [0, 0.05) is 33.2 Å². The first kappa shape index (κ1) is 33.0. The largest absolute Gasteiger partial charge is 0.453 e. The average Bonchev–Trinajstić information content (AvgIpc) is 3.31. The summed E-state index contributed by atoms with van der Waals surface area (Å²) in [6, 6.07) is 66.7. The number of benzene rings is 8. The van der Waals surface area contributed by atoms with Gasteiger partial charge >= 0.3 is 0 Å². The molecule has 4 heterocycles. The molecule has 2 aliphatic rings. The molecule has 10 aromatic rings. The van der Waals surface area contributed by atoms with E-state index in [1.54, 1.807) is 0 Å². The lowest BCUT2D eigenvalue weighted by atomic mass is 9.88. The number of aromatic nitrogens is 4. The Morgan fingerprint density at radius 2 is 0.932 bits per heavy atom. The Bertz CT molecular complexity index is 3160. The quantitative estimate of drug-likeness (QED) is 0.162. The van der Waals surface area contributed by atoms with E-state index in [0.717, 1.165) is 95.1 Å². The Morgan fingerprint density at radius 1 is 0.373 bits per heavy atom. The summed E-state index contributed by atoms with van der Waals surface area (Å²) in [5.41, 5.74) is 11.8. The maximum absolute atomic E-state index is 6.32. The molecule has 2 aromatic heterocycles. The minimum atomic E-state index is 0.530. The van der Waals surface area contributed by atoms with Crippen LogP contribution in [0.3, 0.4) is 0 Å². The lowest BCUT2D eigenvalue weighted by Gasteiger charge is -2.33. The van der Waals surface area contributed by atoms with Crippen molar-refractivity contribution in [2.45, 2.75) is 0 Å². The second-order valence-electron chi connectivity index (χ2n) is 14.6. The molecule has 59 heavy (non-hydrogen) atoms. The predicted octanol–water partition coefficient (Wildman–Crippen LogP) is 13.6. The van der Waals surface area contributed by atoms with Crippen LogP contribution in [0.2, 0.25) is 0 Å². The van der Waals surface area contributed by atoms with Crippen molar-refractivity contribution in [1.82, 2.24) is 19.9 Å². The van der Waals surface area contributed by atoms with Crippen molar-refractivity contribution in [2.75, 3.05) is 9.80 Å². The van der Waals surface area contributed by atoms with Crippen LogP contribution in [0.1, 0.15) is 0 Å². The van der Waals surface area contributed by atoms with Crippen molar-refractivity contribution in [3.05, 3.63) is 194 Å². The number of fused-ring (bicyclic) bond motifs is 6. The van der Waals surface area contributed by atoms with Gasteiger partial charge in [0.05, 0.1) is 34.0 Å². The fourth-order valence-corrected chi connectivity index (χ4v) is 8.59. The van der Waals surface area contributed by atoms with Crippen LogP contribution in [-0.4, -0.2) is 19.9 Å². The van der Waals surface area contributed by atoms with Crippen molar-refractivity contribution in [3.63, 3.8) is 0 Å². The van der Waals surface area contributed by atoms with Gasteiger partial charge in [0.2, 0.25) is 5.95 Å². The van der Waals surface area contributed by atoms with E-state index in [1.807, 2.05) is 97.1 Å². The summed E-state index contributed by atoms with van der Waals surface area (Å²) in [4.78, 5) is 25.4. The molecule has 0 fully saturated rings. The third-order valence-corrected chi connectivity index (χ3v) is 11.2. The van der Waals surface area contributed by atoms with Crippen molar-refractivity contribution < 1.29 is 4.74 Å². The average molecular weight is 757 g/mol. The molecule has 12 rings (SSSR count). The molecule has 0 atom stereocenters. The predicted molar refractivity (Wildman–Crippen MR) is 237 cm³/mol. The highest BCUT2D eigenvalue weighted by molar-refractivity contribution is 6.21. The summed E-state index contributed by atoms with van der Waals surface area (Å²) in [5.74, 6) is 3.37. The minimum absolute atomic E-state index is 0.530. The van der Waals surface area contributed by atoms with Gasteiger partial charge in [0.15, 0.2) is 23.1 Å². The molecule has 0 amide bonds. The van der Waals surface area contributed by atoms with Gasteiger partial charge in [0.1, 0.15) is 0 Å². The van der Waals surface area contributed by atoms with E-state index in [0.29, 0.717) is 17.6 Å². The molecular weight excluding hydrogens is 725 g/mol. The third-order valence-electron chi connectivity index (χ3n) is 11.2. The van der Waals surface area contributed by atoms with E-state index < -0.39 is 0 Å². The van der Waals surface area contributed by atoms with Crippen LogP contribution in [0, 0.1) is 0 Å². The number of anilines is 6. The van der Waals surface area contributed by atoms with Gasteiger partial charge in [-0.25, -0.2) is 9.97 Å². The first-order chi connectivity index (χ1) is 29.3. The topological polar surface area (TPSA) is 67.3 Å². The zero-order chi connectivity index (χ0) is 38.9. The molecule has 276 valence electrons. The van der Waals surface area contributed by atoms with E-state index in [9.17, 15) is 0 Å². The number of hydrogen-bond acceptors (Lipinski definition) is 7. The molecule has 7 nitrogen and oxygen atoms in total. The number of rotatable bonds is 5. The number of pyridine rings is 1. The van der Waals surface area contributed by atoms with Gasteiger partial charge < -0.3 is 9.64 Å². The van der Waals surface area contributed by atoms with Crippen LogP contribution in [0.4, 0.5) is 34.4 Å². The standard InChI is InChI=1S/C52H32N6O/c1-3-15-34(16-4-1)50-54-51(35-17-5-2-6-18-35)56-52(55-50)58-43-25-13-20-37(47(43)49-48-39(21-14-26-44(48)58)38-19-7-8-22-40(38)53-49)33-29-31-36(32-30-33)57-41-23-9-11-27-45(41)59-46-28-12-10-24-42(46)57/h1-32H. The Morgan fingerprint density at radius 3 is 1.63 bits per heavy atom. The van der Waals surface area contributed by atoms with Crippen LogP contribution in [0.5, 0.6) is 11.5 Å². The molecule has 0 saturated carbocycles. The third kappa shape index (κ3) is 5.29. The van der Waals surface area contributed by atoms with Crippen LogP contribution >= 0.6 is 0 Å². The van der Waals surface area contributed by atoms with Crippen LogP contribution in [-0.2, 0) is 0 Å². The summed E-state index contributed by atoms with van der Waals surface area (Å²) in [7, 11) is 0. The summed E-state index contributed by atoms with van der Waals surface area (Å²) in [5, 5.41) is 3.26. The number of ether oxygens (including phenoxy) is 1. The summed E-state index contributed by atoms with van der Waals surface area (Å²) < 4.78 is 6.32. The SMILES string of the molecule is c1ccc(-c2nc(-c3ccccc3)nc(N3c4cccc(-c5ccc(N6c7ccccc7Oc7ccccc76)cc5)c4-c4nc5ccccc5c5cccc3c45)n2)cc1. The van der Waals surface area contributed by atoms with Crippen molar-refractivity contribution >= 4 is 56.1 Å². The van der Waals surface area contributed by atoms with E-state index in [2.05, 4.69) is 107 Å². The first-order valence-electron chi connectivity index (χ1n) is 19.7. The van der Waals surface area contributed by atoms with Gasteiger partial charge in [-0.3, -0.25) is 4.90 Å². The maximum Gasteiger partial charge on any atom is 0.238 e. The monoisotopic (exact) mass is 756 g/mol. The van der Waals surface area contributed by atoms with Gasteiger partial charge in [-0.2, -0.15) is 9.97 Å². The molecule has 0 bridgehead atoms. The Hall–Kier alpha value is -8.16. The van der Waals surface area contributed by atoms with Gasteiger partial charge in [0.25, 0.3) is 0 Å². The summed E-state index contributed by atoms with van der Waals surface area (Å²) in [6.45, 7) is 0. The lowest BCUT2D eigenvalue weighted by molar-refractivity contribution is 0.477. The Kier molecular flexibility index (Phi) is 7.40. The van der Waals surface area contributed by atoms with Crippen molar-refractivity contribution in [2.24, 2.45) is 0 Å². The summed E-state index contributed by atoms with van der Waals surface area (Å²) >= 11 is 0. The molecule has 2 aliphatic heterocycles. The fourth-order valence-electron chi connectivity index (χ4n) is 8.59. The van der Waals surface area contributed by atoms with Gasteiger partial charge in [-0.1, -0.05) is 140 Å². The van der Waals surface area contributed by atoms with E-state index in [1.165, 1.54) is 0 Å². The molecule has 8 aromatic carbocycles. The van der Waals surface area contributed by atoms with Crippen LogP contribution in [0.25, 0.3) is 66.8 Å². The second kappa shape index (κ2) is 13.2. The molecule has 0 spiro atoms. The highest BCUT2D eigenvalue weighted by Gasteiger charge is 2.33. The van der Waals surface area contributed by atoms with Gasteiger partial charge in [-0.15, -0.1) is 0 Å². The van der Waals surface area contributed by atoms with Crippen LogP contribution < -0.4 is 14.5 Å². The lowest BCUT2D eigenvalue weighted by Crippen LogP contribution is -2.19. The Balaban J connectivity index is 1.09.